The van der Waals surface area contributed by atoms with Crippen LogP contribution in [-0.4, -0.2) is 47.9 Å². The van der Waals surface area contributed by atoms with E-state index in [0.717, 1.165) is 15.8 Å². The molecule has 0 saturated carbocycles. The number of benzene rings is 2. The Kier molecular flexibility index (Phi) is 8.52. The van der Waals surface area contributed by atoms with Crippen LogP contribution in [0.2, 0.25) is 5.02 Å². The van der Waals surface area contributed by atoms with Crippen LogP contribution >= 0.6 is 35.3 Å². The highest BCUT2D eigenvalue weighted by molar-refractivity contribution is 7.22. The molecule has 3 aromatic rings. The second-order valence-electron chi connectivity index (χ2n) is 7.04. The molecule has 0 aliphatic carbocycles. The number of nitro benzene ring substituents is 1. The summed E-state index contributed by atoms with van der Waals surface area (Å²) in [7, 11) is 3.88. The van der Waals surface area contributed by atoms with E-state index in [4.69, 9.17) is 11.6 Å². The molecule has 7 nitrogen and oxygen atoms in total. The first-order valence-electron chi connectivity index (χ1n) is 9.20. The second kappa shape index (κ2) is 10.7. The minimum absolute atomic E-state index is 0. The van der Waals surface area contributed by atoms with Crippen LogP contribution < -0.4 is 4.90 Å². The van der Waals surface area contributed by atoms with Crippen LogP contribution in [0.4, 0.5) is 10.8 Å². The van der Waals surface area contributed by atoms with Gasteiger partial charge in [-0.05, 0) is 62.5 Å². The maximum absolute atomic E-state index is 13.0. The third kappa shape index (κ3) is 6.24. The fraction of sp³-hybridized carbons (Fsp3) is 0.238. The lowest BCUT2D eigenvalue weighted by molar-refractivity contribution is -0.384. The molecule has 0 aliphatic heterocycles. The van der Waals surface area contributed by atoms with Crippen LogP contribution in [0.3, 0.4) is 0 Å². The van der Waals surface area contributed by atoms with Crippen molar-refractivity contribution in [2.24, 2.45) is 0 Å². The quantitative estimate of drug-likeness (QED) is 0.263. The molecule has 1 aromatic heterocycles. The van der Waals surface area contributed by atoms with Gasteiger partial charge in [-0.3, -0.25) is 19.8 Å². The fourth-order valence-electron chi connectivity index (χ4n) is 2.82. The van der Waals surface area contributed by atoms with Gasteiger partial charge in [-0.2, -0.15) is 0 Å². The number of aryl methyl sites for hydroxylation is 1. The highest BCUT2D eigenvalue weighted by Crippen LogP contribution is 2.33. The van der Waals surface area contributed by atoms with Gasteiger partial charge >= 0.3 is 0 Å². The molecular formula is C21H22Cl2N4O3S. The lowest BCUT2D eigenvalue weighted by atomic mass is 10.2. The molecule has 0 unspecified atom stereocenters. The number of thiazole rings is 1. The number of anilines is 1. The van der Waals surface area contributed by atoms with Crippen LogP contribution in [0, 0.1) is 17.0 Å². The van der Waals surface area contributed by atoms with E-state index in [0.29, 0.717) is 28.8 Å². The summed E-state index contributed by atoms with van der Waals surface area (Å²) in [6, 6.07) is 9.74. The van der Waals surface area contributed by atoms with Crippen LogP contribution in [0.25, 0.3) is 16.3 Å². The van der Waals surface area contributed by atoms with Gasteiger partial charge in [0.25, 0.3) is 11.6 Å². The topological polar surface area (TPSA) is 79.6 Å². The summed E-state index contributed by atoms with van der Waals surface area (Å²) in [6.45, 7) is 3.09. The molecule has 0 radical (unpaired) electrons. The first kappa shape index (κ1) is 24.7. The predicted octanol–water partition coefficient (Wildman–Crippen LogP) is 5.20. The van der Waals surface area contributed by atoms with Crippen molar-refractivity contribution >= 4 is 68.4 Å². The van der Waals surface area contributed by atoms with Crippen LogP contribution in [0.1, 0.15) is 11.1 Å². The number of nitro groups is 1. The van der Waals surface area contributed by atoms with E-state index < -0.39 is 4.92 Å². The van der Waals surface area contributed by atoms with Crippen LogP contribution in [-0.2, 0) is 4.79 Å². The first-order valence-corrected chi connectivity index (χ1v) is 10.4. The van der Waals surface area contributed by atoms with Crippen LogP contribution in [0.5, 0.6) is 0 Å². The van der Waals surface area contributed by atoms with Crippen molar-refractivity contribution in [3.05, 3.63) is 68.7 Å². The minimum atomic E-state index is -0.455. The maximum atomic E-state index is 13.0. The lowest BCUT2D eigenvalue weighted by Gasteiger charge is -2.20. The number of hydrogen-bond acceptors (Lipinski definition) is 6. The molecule has 0 bridgehead atoms. The van der Waals surface area contributed by atoms with E-state index in [1.165, 1.54) is 29.5 Å². The molecule has 2 aromatic carbocycles. The molecule has 31 heavy (non-hydrogen) atoms. The standard InChI is InChI=1S/C21H21ClN4O3S.ClH/c1-14-12-16(22)13-18-20(14)23-21(30-18)25(11-10-24(2)3)19(27)9-6-15-4-7-17(8-5-15)26(28)29;/h4-9,12-13H,10-11H2,1-3H3;1H. The van der Waals surface area contributed by atoms with Crippen molar-refractivity contribution in [1.29, 1.82) is 0 Å². The van der Waals surface area contributed by atoms with E-state index in [2.05, 4.69) is 4.98 Å². The van der Waals surface area contributed by atoms with Crippen LogP contribution in [0.15, 0.2) is 42.5 Å². The largest absolute Gasteiger partial charge is 0.308 e. The summed E-state index contributed by atoms with van der Waals surface area (Å²) in [6.07, 6.45) is 3.10. The highest BCUT2D eigenvalue weighted by atomic mass is 35.5. The van der Waals surface area contributed by atoms with E-state index in [1.807, 2.05) is 38.1 Å². The van der Waals surface area contributed by atoms with E-state index in [1.54, 1.807) is 23.1 Å². The third-order valence-corrected chi connectivity index (χ3v) is 5.67. The number of carbonyl (C=O) groups excluding carboxylic acids is 1. The van der Waals surface area contributed by atoms with Gasteiger partial charge < -0.3 is 4.90 Å². The molecule has 164 valence electrons. The zero-order valence-corrected chi connectivity index (χ0v) is 19.6. The number of non-ortho nitro benzene ring substituents is 1. The molecule has 0 N–H and O–H groups in total. The Morgan fingerprint density at radius 2 is 1.90 bits per heavy atom. The fourth-order valence-corrected chi connectivity index (χ4v) is 4.27. The number of carbonyl (C=O) groups is 1. The summed E-state index contributed by atoms with van der Waals surface area (Å²) in [4.78, 5) is 31.6. The number of amides is 1. The Labute approximate surface area is 195 Å². The highest BCUT2D eigenvalue weighted by Gasteiger charge is 2.19. The Hall–Kier alpha value is -2.52. The average molecular weight is 481 g/mol. The van der Waals surface area contributed by atoms with Crippen molar-refractivity contribution in [2.75, 3.05) is 32.1 Å². The Morgan fingerprint density at radius 1 is 1.23 bits per heavy atom. The van der Waals surface area contributed by atoms with Gasteiger partial charge in [0.2, 0.25) is 0 Å². The Morgan fingerprint density at radius 3 is 2.52 bits per heavy atom. The summed E-state index contributed by atoms with van der Waals surface area (Å²) < 4.78 is 0.928. The monoisotopic (exact) mass is 480 g/mol. The maximum Gasteiger partial charge on any atom is 0.269 e. The number of likely N-dealkylation sites (N-methyl/N-ethyl adjacent to an activating group) is 1. The number of hydrogen-bond donors (Lipinski definition) is 0. The van der Waals surface area contributed by atoms with Gasteiger partial charge in [0.1, 0.15) is 0 Å². The predicted molar refractivity (Wildman–Crippen MR) is 130 cm³/mol. The average Bonchev–Trinajstić information content (AvgIpc) is 3.10. The Bertz CT molecular complexity index is 1110. The zero-order chi connectivity index (χ0) is 21.8. The van der Waals surface area contributed by atoms with Crippen molar-refractivity contribution < 1.29 is 9.72 Å². The molecule has 10 heteroatoms. The van der Waals surface area contributed by atoms with Gasteiger partial charge in [0, 0.05) is 36.3 Å². The summed E-state index contributed by atoms with van der Waals surface area (Å²) in [5.74, 6) is -0.210. The molecule has 1 amide bonds. The third-order valence-electron chi connectivity index (χ3n) is 4.43. The zero-order valence-electron chi connectivity index (χ0n) is 17.2. The number of aromatic nitrogens is 1. The minimum Gasteiger partial charge on any atom is -0.308 e. The summed E-state index contributed by atoms with van der Waals surface area (Å²) in [5.41, 5.74) is 2.51. The molecule has 1 heterocycles. The van der Waals surface area contributed by atoms with Gasteiger partial charge in [0.15, 0.2) is 5.13 Å². The van der Waals surface area contributed by atoms with Crippen molar-refractivity contribution in [3.63, 3.8) is 0 Å². The molecule has 0 saturated heterocycles. The molecule has 0 aliphatic rings. The SMILES string of the molecule is Cc1cc(Cl)cc2sc(N(CCN(C)C)C(=O)C=Cc3ccc([N+](=O)[O-])cc3)nc12.Cl. The number of nitrogens with zero attached hydrogens (tertiary/aromatic N) is 4. The summed E-state index contributed by atoms with van der Waals surface area (Å²) >= 11 is 7.59. The first-order chi connectivity index (χ1) is 14.2. The second-order valence-corrected chi connectivity index (χ2v) is 8.49. The van der Waals surface area contributed by atoms with E-state index >= 15 is 0 Å². The van der Waals surface area contributed by atoms with Gasteiger partial charge in [-0.25, -0.2) is 4.98 Å². The van der Waals surface area contributed by atoms with E-state index in [-0.39, 0.29) is 24.0 Å². The van der Waals surface area contributed by atoms with Gasteiger partial charge in [0.05, 0.1) is 15.1 Å². The van der Waals surface area contributed by atoms with Crippen molar-refractivity contribution in [3.8, 4) is 0 Å². The summed E-state index contributed by atoms with van der Waals surface area (Å²) in [5, 5.41) is 12.0. The number of halogens is 2. The van der Waals surface area contributed by atoms with E-state index in [9.17, 15) is 14.9 Å². The number of fused-ring (bicyclic) bond motifs is 1. The molecule has 0 fully saturated rings. The lowest BCUT2D eigenvalue weighted by Crippen LogP contribution is -2.35. The molecule has 0 spiro atoms. The molecule has 3 rings (SSSR count). The molecule has 0 atom stereocenters. The normalized spacial score (nSPS) is 11.1. The Balaban J connectivity index is 0.00000341. The van der Waals surface area contributed by atoms with Crippen molar-refractivity contribution in [1.82, 2.24) is 9.88 Å². The number of rotatable bonds is 7. The van der Waals surface area contributed by atoms with Gasteiger partial charge in [-0.15, -0.1) is 12.4 Å². The smallest absolute Gasteiger partial charge is 0.269 e. The molecular weight excluding hydrogens is 459 g/mol. The van der Waals surface area contributed by atoms with Gasteiger partial charge in [-0.1, -0.05) is 22.9 Å². The van der Waals surface area contributed by atoms with Crippen molar-refractivity contribution in [2.45, 2.75) is 6.92 Å².